The van der Waals surface area contributed by atoms with E-state index in [2.05, 4.69) is 0 Å². The highest BCUT2D eigenvalue weighted by Gasteiger charge is 2.42. The number of aliphatic hydroxyl groups excluding tert-OH is 3. The second-order valence-electron chi connectivity index (χ2n) is 2.44. The highest BCUT2D eigenvalue weighted by Crippen LogP contribution is 2.21. The molecule has 5 nitrogen and oxygen atoms in total. The van der Waals surface area contributed by atoms with E-state index in [-0.39, 0.29) is 6.61 Å². The van der Waals surface area contributed by atoms with Gasteiger partial charge in [-0.3, -0.25) is 0 Å². The molecule has 1 fully saturated rings. The van der Waals surface area contributed by atoms with Crippen LogP contribution in [0.3, 0.4) is 0 Å². The second kappa shape index (κ2) is 3.46. The van der Waals surface area contributed by atoms with E-state index in [1.807, 2.05) is 0 Å². The fourth-order valence-electron chi connectivity index (χ4n) is 1.12. The lowest BCUT2D eigenvalue weighted by atomic mass is 10.1. The van der Waals surface area contributed by atoms with Crippen molar-refractivity contribution in [3.05, 3.63) is 0 Å². The molecule has 1 rings (SSSR count). The summed E-state index contributed by atoms with van der Waals surface area (Å²) in [6.45, 7) is -0.321. The zero-order valence-corrected chi connectivity index (χ0v) is 6.17. The van der Waals surface area contributed by atoms with E-state index < -0.39 is 24.6 Å². The first-order valence-electron chi connectivity index (χ1n) is 3.36. The van der Waals surface area contributed by atoms with Crippen LogP contribution in [0.2, 0.25) is 0 Å². The third kappa shape index (κ3) is 1.52. The molecule has 0 bridgehead atoms. The first-order valence-corrected chi connectivity index (χ1v) is 3.36. The highest BCUT2D eigenvalue weighted by molar-refractivity contribution is 4.86. The van der Waals surface area contributed by atoms with Crippen molar-refractivity contribution in [3.8, 4) is 0 Å². The summed E-state index contributed by atoms with van der Waals surface area (Å²) in [7, 11) is 1.36. The van der Waals surface area contributed by atoms with Crippen molar-refractivity contribution < 1.29 is 24.8 Å². The molecule has 4 atom stereocenters. The molecule has 0 aromatic heterocycles. The lowest BCUT2D eigenvalue weighted by Crippen LogP contribution is -2.35. The average molecular weight is 164 g/mol. The van der Waals surface area contributed by atoms with Gasteiger partial charge in [0.25, 0.3) is 0 Å². The molecule has 3 N–H and O–H groups in total. The van der Waals surface area contributed by atoms with Crippen LogP contribution in [0.4, 0.5) is 0 Å². The second-order valence-corrected chi connectivity index (χ2v) is 2.44. The first kappa shape index (κ1) is 8.89. The van der Waals surface area contributed by atoms with E-state index >= 15 is 0 Å². The summed E-state index contributed by atoms with van der Waals surface area (Å²) in [6, 6.07) is 0. The molecule has 1 aliphatic heterocycles. The number of hydrogen-bond acceptors (Lipinski definition) is 5. The lowest BCUT2D eigenvalue weighted by molar-refractivity contribution is -0.139. The third-order valence-electron chi connectivity index (χ3n) is 1.76. The summed E-state index contributed by atoms with van der Waals surface area (Å²) in [6.07, 6.45) is -3.60. The number of ether oxygens (including phenoxy) is 2. The minimum absolute atomic E-state index is 0.321. The largest absolute Gasteiger partial charge is 0.394 e. The first-order chi connectivity index (χ1) is 5.20. The van der Waals surface area contributed by atoms with Crippen LogP contribution in [-0.2, 0) is 9.47 Å². The van der Waals surface area contributed by atoms with E-state index in [9.17, 15) is 5.11 Å². The van der Waals surface area contributed by atoms with Crippen LogP contribution in [0.15, 0.2) is 0 Å². The number of hydrogen-bond donors (Lipinski definition) is 3. The van der Waals surface area contributed by atoms with E-state index in [0.29, 0.717) is 0 Å². The van der Waals surface area contributed by atoms with Crippen LogP contribution in [0.5, 0.6) is 0 Å². The molecule has 1 saturated heterocycles. The molecular weight excluding hydrogens is 152 g/mol. The van der Waals surface area contributed by atoms with Gasteiger partial charge in [-0.15, -0.1) is 0 Å². The molecule has 0 aromatic carbocycles. The van der Waals surface area contributed by atoms with Crippen LogP contribution in [-0.4, -0.2) is 53.6 Å². The van der Waals surface area contributed by atoms with Crippen molar-refractivity contribution in [2.24, 2.45) is 0 Å². The van der Waals surface area contributed by atoms with Gasteiger partial charge >= 0.3 is 0 Å². The molecule has 0 amide bonds. The normalized spacial score (nSPS) is 44.7. The SMILES string of the molecule is COC1[C@H](O)O[C@H](CO)[C@@H]1O. The van der Waals surface area contributed by atoms with Crippen LogP contribution >= 0.6 is 0 Å². The van der Waals surface area contributed by atoms with Crippen molar-refractivity contribution in [1.29, 1.82) is 0 Å². The molecule has 66 valence electrons. The van der Waals surface area contributed by atoms with Gasteiger partial charge in [-0.1, -0.05) is 0 Å². The van der Waals surface area contributed by atoms with Gasteiger partial charge in [-0.25, -0.2) is 0 Å². The van der Waals surface area contributed by atoms with Gasteiger partial charge in [-0.05, 0) is 0 Å². The predicted molar refractivity (Wildman–Crippen MR) is 34.8 cm³/mol. The maximum Gasteiger partial charge on any atom is 0.184 e. The Bertz CT molecular complexity index is 128. The van der Waals surface area contributed by atoms with Gasteiger partial charge in [0, 0.05) is 7.11 Å². The van der Waals surface area contributed by atoms with E-state index in [0.717, 1.165) is 0 Å². The summed E-state index contributed by atoms with van der Waals surface area (Å²) >= 11 is 0. The predicted octanol–water partition coefficient (Wildman–Crippen LogP) is -1.93. The Kier molecular flexibility index (Phi) is 2.80. The Morgan fingerprint density at radius 2 is 2.09 bits per heavy atom. The van der Waals surface area contributed by atoms with E-state index in [4.69, 9.17) is 19.7 Å². The van der Waals surface area contributed by atoms with E-state index in [1.165, 1.54) is 7.11 Å². The molecule has 5 heteroatoms. The Morgan fingerprint density at radius 1 is 1.45 bits per heavy atom. The van der Waals surface area contributed by atoms with Crippen molar-refractivity contribution in [1.82, 2.24) is 0 Å². The number of aliphatic hydroxyl groups is 3. The molecule has 1 aliphatic rings. The fourth-order valence-corrected chi connectivity index (χ4v) is 1.12. The molecule has 0 saturated carbocycles. The number of methoxy groups -OCH3 is 1. The maximum absolute atomic E-state index is 9.25. The Balaban J connectivity index is 2.55. The van der Waals surface area contributed by atoms with Gasteiger partial charge in [0.1, 0.15) is 18.3 Å². The molecule has 11 heavy (non-hydrogen) atoms. The van der Waals surface area contributed by atoms with Gasteiger partial charge in [0.2, 0.25) is 0 Å². The van der Waals surface area contributed by atoms with Gasteiger partial charge in [0.05, 0.1) is 6.61 Å². The maximum atomic E-state index is 9.25. The van der Waals surface area contributed by atoms with Crippen molar-refractivity contribution in [2.45, 2.75) is 24.6 Å². The topological polar surface area (TPSA) is 79.2 Å². The van der Waals surface area contributed by atoms with Gasteiger partial charge < -0.3 is 24.8 Å². The Labute approximate surface area is 64.2 Å². The Hall–Kier alpha value is -0.200. The minimum Gasteiger partial charge on any atom is -0.394 e. The highest BCUT2D eigenvalue weighted by atomic mass is 16.7. The minimum atomic E-state index is -1.15. The standard InChI is InChI=1S/C6H12O5/c1-10-5-4(8)3(2-7)11-6(5)9/h3-9H,2H2,1H3/t3-,4+,5?,6-/m1/s1. The third-order valence-corrected chi connectivity index (χ3v) is 1.76. The molecule has 0 aromatic rings. The van der Waals surface area contributed by atoms with Crippen LogP contribution < -0.4 is 0 Å². The summed E-state index contributed by atoms with van der Waals surface area (Å²) in [5.74, 6) is 0. The smallest absolute Gasteiger partial charge is 0.184 e. The Morgan fingerprint density at radius 3 is 2.36 bits per heavy atom. The fraction of sp³-hybridized carbons (Fsp3) is 1.00. The molecule has 0 spiro atoms. The quantitative estimate of drug-likeness (QED) is 0.443. The van der Waals surface area contributed by atoms with Crippen LogP contribution in [0.1, 0.15) is 0 Å². The zero-order chi connectivity index (χ0) is 8.43. The van der Waals surface area contributed by atoms with Crippen molar-refractivity contribution >= 4 is 0 Å². The van der Waals surface area contributed by atoms with Gasteiger partial charge in [0.15, 0.2) is 6.29 Å². The average Bonchev–Trinajstić information content (AvgIpc) is 2.26. The van der Waals surface area contributed by atoms with Crippen molar-refractivity contribution in [2.75, 3.05) is 13.7 Å². The summed E-state index contributed by atoms with van der Waals surface area (Å²) in [5.41, 5.74) is 0. The monoisotopic (exact) mass is 164 g/mol. The van der Waals surface area contributed by atoms with Crippen molar-refractivity contribution in [3.63, 3.8) is 0 Å². The van der Waals surface area contributed by atoms with Gasteiger partial charge in [-0.2, -0.15) is 0 Å². The summed E-state index contributed by atoms with van der Waals surface area (Å²) < 4.78 is 9.49. The summed E-state index contributed by atoms with van der Waals surface area (Å²) in [4.78, 5) is 0. The van der Waals surface area contributed by atoms with E-state index in [1.54, 1.807) is 0 Å². The summed E-state index contributed by atoms with van der Waals surface area (Å²) in [5, 5.41) is 26.9. The number of rotatable bonds is 2. The van der Waals surface area contributed by atoms with Crippen LogP contribution in [0, 0.1) is 0 Å². The molecular formula is C6H12O5. The molecule has 0 aliphatic carbocycles. The molecule has 1 heterocycles. The van der Waals surface area contributed by atoms with Crippen LogP contribution in [0.25, 0.3) is 0 Å². The molecule has 1 unspecified atom stereocenters. The lowest BCUT2D eigenvalue weighted by Gasteiger charge is -2.14. The molecule has 0 radical (unpaired) electrons. The zero-order valence-electron chi connectivity index (χ0n) is 6.17.